The molecule has 1 aromatic rings. The summed E-state index contributed by atoms with van der Waals surface area (Å²) in [4.78, 5) is 10.7. The van der Waals surface area contributed by atoms with E-state index in [1.807, 2.05) is 0 Å². The number of carboxylic acids is 1. The molecular weight excluding hydrogens is 204 g/mol. The second kappa shape index (κ2) is 3.61. The molecule has 2 aliphatic carbocycles. The number of nitrogens with zero attached hydrogens (tertiary/aromatic N) is 1. The molecule has 0 radical (unpaired) electrons. The number of rotatable bonds is 5. The molecule has 2 N–H and O–H groups in total. The van der Waals surface area contributed by atoms with Crippen molar-refractivity contribution >= 4 is 5.97 Å². The summed E-state index contributed by atoms with van der Waals surface area (Å²) < 4.78 is 0. The average Bonchev–Trinajstić information content (AvgIpc) is 3.13. The summed E-state index contributed by atoms with van der Waals surface area (Å²) in [5.74, 6) is 0.515. The Kier molecular flexibility index (Phi) is 2.23. The summed E-state index contributed by atoms with van der Waals surface area (Å²) in [6, 6.07) is 0. The average molecular weight is 220 g/mol. The van der Waals surface area contributed by atoms with Gasteiger partial charge in [-0.3, -0.25) is 9.89 Å². The molecule has 2 fully saturated rings. The maximum atomic E-state index is 10.7. The molecule has 86 valence electrons. The highest BCUT2D eigenvalue weighted by atomic mass is 16.4. The van der Waals surface area contributed by atoms with Crippen LogP contribution in [0.25, 0.3) is 0 Å². The number of aromatic nitrogens is 2. The molecule has 0 atom stereocenters. The van der Waals surface area contributed by atoms with Gasteiger partial charge in [0.15, 0.2) is 0 Å². The molecular formula is C12H16N2O2. The van der Waals surface area contributed by atoms with E-state index in [-0.39, 0.29) is 6.42 Å². The highest BCUT2D eigenvalue weighted by Crippen LogP contribution is 2.46. The first-order valence-electron chi connectivity index (χ1n) is 6.04. The second-order valence-corrected chi connectivity index (χ2v) is 4.94. The van der Waals surface area contributed by atoms with E-state index in [4.69, 9.17) is 5.11 Å². The van der Waals surface area contributed by atoms with Crippen molar-refractivity contribution in [3.63, 3.8) is 0 Å². The van der Waals surface area contributed by atoms with Gasteiger partial charge in [-0.05, 0) is 37.7 Å². The molecule has 0 bridgehead atoms. The topological polar surface area (TPSA) is 66.0 Å². The molecule has 0 aromatic carbocycles. The molecule has 0 aliphatic heterocycles. The van der Waals surface area contributed by atoms with Gasteiger partial charge in [0.2, 0.25) is 0 Å². The van der Waals surface area contributed by atoms with Crippen molar-refractivity contribution in [3.8, 4) is 0 Å². The van der Waals surface area contributed by atoms with Gasteiger partial charge >= 0.3 is 5.97 Å². The zero-order valence-electron chi connectivity index (χ0n) is 9.20. The summed E-state index contributed by atoms with van der Waals surface area (Å²) in [7, 11) is 0. The van der Waals surface area contributed by atoms with Gasteiger partial charge in [-0.15, -0.1) is 0 Å². The summed E-state index contributed by atoms with van der Waals surface area (Å²) in [6.07, 6.45) is 5.76. The van der Waals surface area contributed by atoms with Crippen molar-refractivity contribution in [2.24, 2.45) is 0 Å². The summed E-state index contributed by atoms with van der Waals surface area (Å²) in [5.41, 5.74) is 3.60. The minimum absolute atomic E-state index is 0.221. The third kappa shape index (κ3) is 1.84. The lowest BCUT2D eigenvalue weighted by atomic mass is 10.0. The first-order chi connectivity index (χ1) is 7.75. The molecule has 0 spiro atoms. The quantitative estimate of drug-likeness (QED) is 0.799. The number of hydrogen-bond acceptors (Lipinski definition) is 2. The number of carboxylic acid groups (broad SMARTS) is 1. The van der Waals surface area contributed by atoms with Crippen molar-refractivity contribution in [3.05, 3.63) is 17.0 Å². The molecule has 0 unspecified atom stereocenters. The molecule has 16 heavy (non-hydrogen) atoms. The lowest BCUT2D eigenvalue weighted by Crippen LogP contribution is -2.01. The van der Waals surface area contributed by atoms with Gasteiger partial charge in [-0.1, -0.05) is 0 Å². The zero-order valence-corrected chi connectivity index (χ0v) is 9.20. The number of aliphatic carboxylic acids is 1. The maximum Gasteiger partial charge on any atom is 0.303 e. The Morgan fingerprint density at radius 1 is 1.31 bits per heavy atom. The van der Waals surface area contributed by atoms with Gasteiger partial charge in [-0.2, -0.15) is 5.10 Å². The van der Waals surface area contributed by atoms with E-state index in [0.29, 0.717) is 18.3 Å². The molecule has 4 heteroatoms. The summed E-state index contributed by atoms with van der Waals surface area (Å²) in [6.45, 7) is 0. The molecule has 1 heterocycles. The Morgan fingerprint density at radius 2 is 2.00 bits per heavy atom. The molecule has 2 saturated carbocycles. The van der Waals surface area contributed by atoms with E-state index in [0.717, 1.165) is 5.69 Å². The van der Waals surface area contributed by atoms with E-state index in [1.54, 1.807) is 0 Å². The molecule has 1 aromatic heterocycles. The lowest BCUT2D eigenvalue weighted by Gasteiger charge is -2.02. The van der Waals surface area contributed by atoms with E-state index < -0.39 is 5.97 Å². The van der Waals surface area contributed by atoms with Crippen LogP contribution in [-0.4, -0.2) is 21.3 Å². The first kappa shape index (κ1) is 9.87. The lowest BCUT2D eigenvalue weighted by molar-refractivity contribution is -0.136. The largest absolute Gasteiger partial charge is 0.481 e. The van der Waals surface area contributed by atoms with Crippen LogP contribution in [0.15, 0.2) is 0 Å². The van der Waals surface area contributed by atoms with Crippen LogP contribution >= 0.6 is 0 Å². The van der Waals surface area contributed by atoms with Gasteiger partial charge in [0.25, 0.3) is 0 Å². The van der Waals surface area contributed by atoms with Gasteiger partial charge in [0.05, 0.1) is 5.69 Å². The number of hydrogen-bond donors (Lipinski definition) is 2. The monoisotopic (exact) mass is 220 g/mol. The van der Waals surface area contributed by atoms with Crippen molar-refractivity contribution in [2.45, 2.75) is 50.4 Å². The molecule has 4 nitrogen and oxygen atoms in total. The number of carbonyl (C=O) groups is 1. The molecule has 0 amide bonds. The van der Waals surface area contributed by atoms with Crippen LogP contribution in [0.4, 0.5) is 0 Å². The first-order valence-corrected chi connectivity index (χ1v) is 6.04. The minimum Gasteiger partial charge on any atom is -0.481 e. The third-order valence-corrected chi connectivity index (χ3v) is 3.47. The predicted molar refractivity (Wildman–Crippen MR) is 58.5 cm³/mol. The van der Waals surface area contributed by atoms with E-state index in [9.17, 15) is 4.79 Å². The molecule has 0 saturated heterocycles. The van der Waals surface area contributed by atoms with Gasteiger partial charge in [0, 0.05) is 24.0 Å². The van der Waals surface area contributed by atoms with Crippen molar-refractivity contribution in [2.75, 3.05) is 0 Å². The second-order valence-electron chi connectivity index (χ2n) is 4.94. The Hall–Kier alpha value is -1.32. The fraction of sp³-hybridized carbons (Fsp3) is 0.667. The summed E-state index contributed by atoms with van der Waals surface area (Å²) >= 11 is 0. The number of H-pyrrole nitrogens is 1. The molecule has 2 aliphatic rings. The Balaban J connectivity index is 1.84. The fourth-order valence-electron chi connectivity index (χ4n) is 2.29. The standard InChI is InChI=1S/C12H16N2O2/c15-10(16)6-5-9-11(7-1-2-7)13-14-12(9)8-3-4-8/h7-8H,1-6H2,(H,13,14)(H,15,16). The Morgan fingerprint density at radius 3 is 2.56 bits per heavy atom. The Bertz CT molecular complexity index is 387. The van der Waals surface area contributed by atoms with E-state index in [1.165, 1.54) is 36.9 Å². The normalized spacial score (nSPS) is 20.0. The van der Waals surface area contributed by atoms with Gasteiger partial charge < -0.3 is 5.11 Å². The van der Waals surface area contributed by atoms with Crippen LogP contribution in [0.3, 0.4) is 0 Å². The van der Waals surface area contributed by atoms with Gasteiger partial charge in [0.1, 0.15) is 0 Å². The van der Waals surface area contributed by atoms with Crippen molar-refractivity contribution < 1.29 is 9.90 Å². The highest BCUT2D eigenvalue weighted by molar-refractivity contribution is 5.67. The van der Waals surface area contributed by atoms with Crippen LogP contribution in [0.1, 0.15) is 60.9 Å². The predicted octanol–water partition coefficient (Wildman–Crippen LogP) is 2.18. The maximum absolute atomic E-state index is 10.7. The third-order valence-electron chi connectivity index (χ3n) is 3.47. The number of nitrogens with one attached hydrogen (secondary N) is 1. The smallest absolute Gasteiger partial charge is 0.303 e. The van der Waals surface area contributed by atoms with Gasteiger partial charge in [-0.25, -0.2) is 0 Å². The zero-order chi connectivity index (χ0) is 11.1. The SMILES string of the molecule is O=C(O)CCc1c(C2CC2)n[nH]c1C1CC1. The van der Waals surface area contributed by atoms with Crippen molar-refractivity contribution in [1.82, 2.24) is 10.2 Å². The van der Waals surface area contributed by atoms with Crippen LogP contribution < -0.4 is 0 Å². The van der Waals surface area contributed by atoms with Crippen LogP contribution in [0, 0.1) is 0 Å². The molecule has 3 rings (SSSR count). The Labute approximate surface area is 94.1 Å². The van der Waals surface area contributed by atoms with Crippen LogP contribution in [0.2, 0.25) is 0 Å². The number of aromatic amines is 1. The fourth-order valence-corrected chi connectivity index (χ4v) is 2.29. The van der Waals surface area contributed by atoms with E-state index in [2.05, 4.69) is 10.2 Å². The highest BCUT2D eigenvalue weighted by Gasteiger charge is 2.34. The van der Waals surface area contributed by atoms with Crippen LogP contribution in [0.5, 0.6) is 0 Å². The minimum atomic E-state index is -0.718. The van der Waals surface area contributed by atoms with E-state index >= 15 is 0 Å². The summed E-state index contributed by atoms with van der Waals surface area (Å²) in [5, 5.41) is 16.3. The van der Waals surface area contributed by atoms with Crippen molar-refractivity contribution in [1.29, 1.82) is 0 Å². The van der Waals surface area contributed by atoms with Crippen LogP contribution in [-0.2, 0) is 11.2 Å².